The molecule has 4 aliphatic rings. The highest BCUT2D eigenvalue weighted by atomic mass is 19.3. The van der Waals surface area contributed by atoms with E-state index in [2.05, 4.69) is 10.4 Å². The molecule has 2 aromatic carbocycles. The Labute approximate surface area is 235 Å². The molecule has 4 aliphatic heterocycles. The number of piperidine rings is 2. The monoisotopic (exact) mass is 561 g/mol. The van der Waals surface area contributed by atoms with E-state index in [1.54, 1.807) is 27.9 Å². The van der Waals surface area contributed by atoms with Gasteiger partial charge in [0.15, 0.2) is 0 Å². The molecule has 5 heterocycles. The highest BCUT2D eigenvalue weighted by Crippen LogP contribution is 2.55. The first kappa shape index (κ1) is 25.8. The van der Waals surface area contributed by atoms with Crippen molar-refractivity contribution in [3.05, 3.63) is 71.0 Å². The summed E-state index contributed by atoms with van der Waals surface area (Å²) in [5, 5.41) is 6.51. The third kappa shape index (κ3) is 4.05. The van der Waals surface area contributed by atoms with Crippen molar-refractivity contribution in [1.82, 2.24) is 24.9 Å². The lowest BCUT2D eigenvalue weighted by atomic mass is 9.71. The Hall–Kier alpha value is -4.12. The van der Waals surface area contributed by atoms with Gasteiger partial charge in [-0.1, -0.05) is 24.3 Å². The summed E-state index contributed by atoms with van der Waals surface area (Å²) in [5.74, 6) is -3.96. The van der Waals surface area contributed by atoms with E-state index in [0.29, 0.717) is 35.5 Å². The van der Waals surface area contributed by atoms with E-state index in [4.69, 9.17) is 4.74 Å². The highest BCUT2D eigenvalue weighted by molar-refractivity contribution is 6.05. The van der Waals surface area contributed by atoms with Crippen LogP contribution < -0.4 is 10.1 Å². The number of hydrogen-bond acceptors (Lipinski definition) is 6. The summed E-state index contributed by atoms with van der Waals surface area (Å²) in [4.78, 5) is 40.4. The quantitative estimate of drug-likeness (QED) is 0.492. The summed E-state index contributed by atoms with van der Waals surface area (Å²) in [6.07, 6.45) is 4.29. The Bertz CT molecular complexity index is 1600. The molecule has 212 valence electrons. The number of ether oxygens (including phenoxy) is 1. The van der Waals surface area contributed by atoms with Crippen LogP contribution in [0, 0.1) is 0 Å². The number of fused-ring (bicyclic) bond motifs is 4. The Morgan fingerprint density at radius 1 is 1.15 bits per heavy atom. The van der Waals surface area contributed by atoms with E-state index >= 15 is 8.78 Å². The fourth-order valence-corrected chi connectivity index (χ4v) is 6.79. The van der Waals surface area contributed by atoms with Crippen LogP contribution in [0.4, 0.5) is 8.78 Å². The molecule has 2 saturated heterocycles. The molecule has 1 spiro atoms. The van der Waals surface area contributed by atoms with Crippen LogP contribution in [-0.4, -0.2) is 69.0 Å². The highest BCUT2D eigenvalue weighted by Gasteiger charge is 2.62. The molecule has 2 fully saturated rings. The number of rotatable bonds is 4. The lowest BCUT2D eigenvalue weighted by Crippen LogP contribution is -2.58. The minimum atomic E-state index is -3.07. The minimum absolute atomic E-state index is 0.0880. The van der Waals surface area contributed by atoms with Gasteiger partial charge in [-0.2, -0.15) is 5.10 Å². The van der Waals surface area contributed by atoms with Gasteiger partial charge in [0.2, 0.25) is 11.8 Å². The smallest absolute Gasteiger partial charge is 0.273 e. The van der Waals surface area contributed by atoms with Gasteiger partial charge in [0.05, 0.1) is 24.7 Å². The van der Waals surface area contributed by atoms with Crippen LogP contribution in [-0.2, 0) is 35.1 Å². The second-order valence-corrected chi connectivity index (χ2v) is 11.5. The van der Waals surface area contributed by atoms with Crippen molar-refractivity contribution in [2.75, 3.05) is 19.7 Å². The predicted molar refractivity (Wildman–Crippen MR) is 143 cm³/mol. The average Bonchev–Trinajstić information content (AvgIpc) is 3.63. The fraction of sp³-hybridized carbons (Fsp3) is 0.400. The van der Waals surface area contributed by atoms with Crippen LogP contribution in [0.3, 0.4) is 0 Å². The zero-order valence-electron chi connectivity index (χ0n) is 22.5. The number of nitrogens with zero attached hydrogens (tertiary/aromatic N) is 4. The zero-order valence-corrected chi connectivity index (χ0v) is 22.5. The molecule has 0 bridgehead atoms. The molecular weight excluding hydrogens is 532 g/mol. The lowest BCUT2D eigenvalue weighted by Gasteiger charge is -2.44. The molecular formula is C30H29F2N5O4. The summed E-state index contributed by atoms with van der Waals surface area (Å²) in [6.45, 7) is 0.375. The maximum Gasteiger partial charge on any atom is 0.273 e. The number of carbonyl (C=O) groups excluding carboxylic acids is 3. The van der Waals surface area contributed by atoms with Gasteiger partial charge in [-0.05, 0) is 42.6 Å². The zero-order chi connectivity index (χ0) is 28.5. The SMILES string of the molecule is Cn1cc(-c2cccc(CN3CCC4(COc5c4ccc4c5CN(C5CCC(=O)NC5=O)C4=O)C(F)(F)C3)c2)cn1. The van der Waals surface area contributed by atoms with Crippen LogP contribution in [0.15, 0.2) is 48.8 Å². The second-order valence-electron chi connectivity index (χ2n) is 11.5. The molecule has 2 atom stereocenters. The summed E-state index contributed by atoms with van der Waals surface area (Å²) in [5.41, 5.74) is 2.75. The van der Waals surface area contributed by atoms with Gasteiger partial charge >= 0.3 is 0 Å². The van der Waals surface area contributed by atoms with Crippen LogP contribution >= 0.6 is 0 Å². The number of halogens is 2. The summed E-state index contributed by atoms with van der Waals surface area (Å²) >= 11 is 0. The van der Waals surface area contributed by atoms with Gasteiger partial charge in [0, 0.05) is 48.5 Å². The van der Waals surface area contributed by atoms with Crippen molar-refractivity contribution < 1.29 is 27.9 Å². The van der Waals surface area contributed by atoms with Gasteiger partial charge in [-0.3, -0.25) is 29.3 Å². The standard InChI is InChI=1S/C30H29F2N5O4/c1-35-14-20(12-33-35)19-4-2-3-18(11-19)13-36-10-9-29(30(31,32)16-36)17-41-26-22-15-37(24-7-8-25(38)34-27(24)39)28(40)21(22)5-6-23(26)29/h2-6,11-12,14,24H,7-10,13,15-17H2,1H3,(H,34,38,39). The van der Waals surface area contributed by atoms with E-state index < -0.39 is 29.8 Å². The molecule has 3 amide bonds. The van der Waals surface area contributed by atoms with Crippen molar-refractivity contribution in [3.63, 3.8) is 0 Å². The molecule has 41 heavy (non-hydrogen) atoms. The third-order valence-corrected chi connectivity index (χ3v) is 8.99. The maximum absolute atomic E-state index is 16.1. The molecule has 0 radical (unpaired) electrons. The predicted octanol–water partition coefficient (Wildman–Crippen LogP) is 3.02. The first-order valence-corrected chi connectivity index (χ1v) is 13.8. The van der Waals surface area contributed by atoms with Crippen LogP contribution in [0.2, 0.25) is 0 Å². The van der Waals surface area contributed by atoms with E-state index in [1.807, 2.05) is 37.5 Å². The lowest BCUT2D eigenvalue weighted by molar-refractivity contribution is -0.137. The van der Waals surface area contributed by atoms with Crippen molar-refractivity contribution in [2.24, 2.45) is 7.05 Å². The minimum Gasteiger partial charge on any atom is -0.492 e. The molecule has 11 heteroatoms. The van der Waals surface area contributed by atoms with Crippen molar-refractivity contribution >= 4 is 17.7 Å². The molecule has 3 aromatic rings. The number of amides is 3. The Balaban J connectivity index is 1.11. The molecule has 0 saturated carbocycles. The topological polar surface area (TPSA) is 96.8 Å². The fourth-order valence-electron chi connectivity index (χ4n) is 6.79. The number of carbonyl (C=O) groups is 3. The molecule has 1 N–H and O–H groups in total. The number of benzene rings is 2. The van der Waals surface area contributed by atoms with Gasteiger partial charge < -0.3 is 9.64 Å². The summed E-state index contributed by atoms with van der Waals surface area (Å²) in [6, 6.07) is 10.3. The van der Waals surface area contributed by atoms with E-state index in [9.17, 15) is 14.4 Å². The van der Waals surface area contributed by atoms with Crippen molar-refractivity contribution in [3.8, 4) is 16.9 Å². The van der Waals surface area contributed by atoms with E-state index in [1.165, 1.54) is 4.90 Å². The first-order chi connectivity index (χ1) is 19.6. The number of imide groups is 1. The van der Waals surface area contributed by atoms with E-state index in [0.717, 1.165) is 16.7 Å². The number of alkyl halides is 2. The van der Waals surface area contributed by atoms with Crippen LogP contribution in [0.1, 0.15) is 46.3 Å². The Kier molecular flexibility index (Phi) is 5.79. The number of nitrogens with one attached hydrogen (secondary N) is 1. The van der Waals surface area contributed by atoms with Crippen LogP contribution in [0.25, 0.3) is 11.1 Å². The largest absolute Gasteiger partial charge is 0.492 e. The van der Waals surface area contributed by atoms with Gasteiger partial charge in [-0.25, -0.2) is 8.78 Å². The number of hydrogen-bond donors (Lipinski definition) is 1. The maximum atomic E-state index is 16.1. The molecule has 0 aliphatic carbocycles. The van der Waals surface area contributed by atoms with Crippen molar-refractivity contribution in [2.45, 2.75) is 49.7 Å². The van der Waals surface area contributed by atoms with Gasteiger partial charge in [0.1, 0.15) is 18.4 Å². The Morgan fingerprint density at radius 3 is 2.76 bits per heavy atom. The van der Waals surface area contributed by atoms with Crippen molar-refractivity contribution in [1.29, 1.82) is 0 Å². The third-order valence-electron chi connectivity index (χ3n) is 8.99. The number of aryl methyl sites for hydroxylation is 1. The van der Waals surface area contributed by atoms with Gasteiger partial charge in [0.25, 0.3) is 11.8 Å². The average molecular weight is 562 g/mol. The normalized spacial score (nSPS) is 25.3. The molecule has 9 nitrogen and oxygen atoms in total. The second kappa shape index (κ2) is 9.20. The molecule has 1 aromatic heterocycles. The first-order valence-electron chi connectivity index (χ1n) is 13.8. The summed E-state index contributed by atoms with van der Waals surface area (Å²) in [7, 11) is 1.85. The van der Waals surface area contributed by atoms with Gasteiger partial charge in [-0.15, -0.1) is 0 Å². The molecule has 7 rings (SSSR count). The van der Waals surface area contributed by atoms with E-state index in [-0.39, 0.29) is 44.2 Å². The summed E-state index contributed by atoms with van der Waals surface area (Å²) < 4.78 is 40.0. The Morgan fingerprint density at radius 2 is 2.00 bits per heavy atom. The van der Waals surface area contributed by atoms with Crippen LogP contribution in [0.5, 0.6) is 5.75 Å². The number of likely N-dealkylation sites (tertiary alicyclic amines) is 1. The molecule has 2 unspecified atom stereocenters. The number of aromatic nitrogens is 2.